The van der Waals surface area contributed by atoms with Crippen molar-refractivity contribution in [2.75, 3.05) is 11.5 Å². The molecule has 0 radical (unpaired) electrons. The Morgan fingerprint density at radius 1 is 1.16 bits per heavy atom. The highest BCUT2D eigenvalue weighted by Crippen LogP contribution is 2.45. The van der Waals surface area contributed by atoms with E-state index in [1.165, 1.54) is 6.07 Å². The van der Waals surface area contributed by atoms with Gasteiger partial charge in [0.15, 0.2) is 11.3 Å². The average Bonchev–Trinajstić information content (AvgIpc) is 3.24. The minimum Gasteiger partial charge on any atom is -0.461 e. The molecule has 2 atom stereocenters. The molecule has 2 aromatic rings. The van der Waals surface area contributed by atoms with Crippen LogP contribution < -0.4 is 10.3 Å². The van der Waals surface area contributed by atoms with Gasteiger partial charge >= 0.3 is 12.1 Å². The summed E-state index contributed by atoms with van der Waals surface area (Å²) in [5.74, 6) is -3.98. The molecule has 10 heteroatoms. The van der Waals surface area contributed by atoms with Crippen LogP contribution in [0.1, 0.15) is 18.1 Å². The topological polar surface area (TPSA) is 88.1 Å². The summed E-state index contributed by atoms with van der Waals surface area (Å²) in [6.07, 6.45) is -4.66. The van der Waals surface area contributed by atoms with Crippen molar-refractivity contribution >= 4 is 29.2 Å². The maximum absolute atomic E-state index is 13.5. The number of benzene rings is 2. The van der Waals surface area contributed by atoms with Crippen molar-refractivity contribution in [1.82, 2.24) is 5.43 Å². The predicted octanol–water partition coefficient (Wildman–Crippen LogP) is 2.61. The highest BCUT2D eigenvalue weighted by molar-refractivity contribution is 6.47. The fraction of sp³-hybridized carbons (Fsp3) is 0.238. The van der Waals surface area contributed by atoms with Crippen molar-refractivity contribution in [1.29, 1.82) is 0 Å². The fourth-order valence-corrected chi connectivity index (χ4v) is 3.85. The number of halogens is 3. The van der Waals surface area contributed by atoms with E-state index in [1.807, 2.05) is 0 Å². The molecule has 0 unspecified atom stereocenters. The number of carbonyl (C=O) groups is 3. The van der Waals surface area contributed by atoms with E-state index in [-0.39, 0.29) is 18.0 Å². The second kappa shape index (κ2) is 7.22. The Morgan fingerprint density at radius 3 is 2.52 bits per heavy atom. The summed E-state index contributed by atoms with van der Waals surface area (Å²) in [4.78, 5) is 40.0. The Morgan fingerprint density at radius 2 is 1.87 bits per heavy atom. The van der Waals surface area contributed by atoms with Crippen LogP contribution in [-0.2, 0) is 30.8 Å². The Balaban J connectivity index is 1.86. The van der Waals surface area contributed by atoms with E-state index in [2.05, 4.69) is 10.5 Å². The zero-order chi connectivity index (χ0) is 22.4. The molecule has 0 aromatic heterocycles. The van der Waals surface area contributed by atoms with Crippen LogP contribution >= 0.6 is 0 Å². The van der Waals surface area contributed by atoms with Crippen molar-refractivity contribution in [3.05, 3.63) is 65.7 Å². The van der Waals surface area contributed by atoms with Crippen molar-refractivity contribution in [3.8, 4) is 0 Å². The number of hydrazone groups is 1. The van der Waals surface area contributed by atoms with Crippen LogP contribution in [0.4, 0.5) is 18.9 Å². The molecule has 1 fully saturated rings. The van der Waals surface area contributed by atoms with Gasteiger partial charge in [-0.2, -0.15) is 18.3 Å². The second-order valence-corrected chi connectivity index (χ2v) is 6.96. The molecule has 2 aliphatic heterocycles. The van der Waals surface area contributed by atoms with Gasteiger partial charge in [-0.15, -0.1) is 0 Å². The molecule has 4 rings (SSSR count). The quantitative estimate of drug-likeness (QED) is 0.594. The smallest absolute Gasteiger partial charge is 0.416 e. The number of nitrogens with zero attached hydrogens (tertiary/aromatic N) is 2. The molecular formula is C21H16F3N3O4. The molecule has 2 aromatic carbocycles. The summed E-state index contributed by atoms with van der Waals surface area (Å²) in [7, 11) is 0. The van der Waals surface area contributed by atoms with Gasteiger partial charge in [0.2, 0.25) is 5.91 Å². The molecule has 1 saturated heterocycles. The summed E-state index contributed by atoms with van der Waals surface area (Å²) in [5.41, 5.74) is -0.378. The van der Waals surface area contributed by atoms with E-state index in [1.54, 1.807) is 37.3 Å². The van der Waals surface area contributed by atoms with Gasteiger partial charge < -0.3 is 4.74 Å². The summed E-state index contributed by atoms with van der Waals surface area (Å²) < 4.78 is 44.5. The van der Waals surface area contributed by atoms with Crippen LogP contribution in [0.2, 0.25) is 0 Å². The Hall–Kier alpha value is -3.69. The monoisotopic (exact) mass is 431 g/mol. The molecule has 0 bridgehead atoms. The third-order valence-electron chi connectivity index (χ3n) is 5.21. The number of amides is 2. The fourth-order valence-electron chi connectivity index (χ4n) is 3.85. The molecule has 0 saturated carbocycles. The van der Waals surface area contributed by atoms with E-state index in [0.717, 1.165) is 18.2 Å². The first kappa shape index (κ1) is 20.6. The number of hydrogen-bond donors (Lipinski definition) is 1. The first-order chi connectivity index (χ1) is 14.7. The van der Waals surface area contributed by atoms with Crippen molar-refractivity contribution < 1.29 is 32.3 Å². The Kier molecular flexibility index (Phi) is 4.79. The molecule has 7 nitrogen and oxygen atoms in total. The second-order valence-electron chi connectivity index (χ2n) is 6.96. The number of anilines is 1. The van der Waals surface area contributed by atoms with Gasteiger partial charge in [-0.3, -0.25) is 15.0 Å². The number of nitrogens with one attached hydrogen (secondary N) is 1. The molecule has 0 aliphatic carbocycles. The first-order valence-electron chi connectivity index (χ1n) is 9.35. The van der Waals surface area contributed by atoms with Crippen LogP contribution in [0.5, 0.6) is 0 Å². The lowest BCUT2D eigenvalue weighted by Gasteiger charge is -2.26. The van der Waals surface area contributed by atoms with Crippen LogP contribution in [0.15, 0.2) is 59.7 Å². The molecule has 2 aliphatic rings. The van der Waals surface area contributed by atoms with Crippen LogP contribution in [-0.4, -0.2) is 30.1 Å². The summed E-state index contributed by atoms with van der Waals surface area (Å²) in [6.45, 7) is 1.59. The van der Waals surface area contributed by atoms with Crippen molar-refractivity contribution in [3.63, 3.8) is 0 Å². The van der Waals surface area contributed by atoms with Crippen LogP contribution in [0.3, 0.4) is 0 Å². The van der Waals surface area contributed by atoms with Gasteiger partial charge in [-0.1, -0.05) is 36.4 Å². The number of carbonyl (C=O) groups excluding carboxylic acids is 3. The molecule has 0 spiro atoms. The normalized spacial score (nSPS) is 22.8. The third kappa shape index (κ3) is 3.06. The number of ether oxygens (including phenoxy) is 1. The van der Waals surface area contributed by atoms with E-state index < -0.39 is 41.0 Å². The minimum absolute atomic E-state index is 0.0163. The van der Waals surface area contributed by atoms with Gasteiger partial charge in [0, 0.05) is 0 Å². The highest BCUT2D eigenvalue weighted by atomic mass is 19.4. The first-order valence-corrected chi connectivity index (χ1v) is 9.35. The van der Waals surface area contributed by atoms with E-state index in [9.17, 15) is 27.6 Å². The molecular weight excluding hydrogens is 415 g/mol. The Bertz CT molecular complexity index is 1100. The van der Waals surface area contributed by atoms with E-state index >= 15 is 0 Å². The standard InChI is InChI=1S/C21H16F3N3O4/c1-2-31-18(29)16-15-17(28)27(14-10-6-9-13(11-14)21(22,23)24)19(30)20(15,26-25-16)12-7-4-3-5-8-12/h3-11,15,26H,2H2,1H3/t15-,20+/m0/s1. The molecule has 2 amide bonds. The predicted molar refractivity (Wildman–Crippen MR) is 103 cm³/mol. The molecule has 2 heterocycles. The summed E-state index contributed by atoms with van der Waals surface area (Å²) in [6, 6.07) is 12.0. The van der Waals surface area contributed by atoms with Crippen molar-refractivity contribution in [2.45, 2.75) is 18.6 Å². The lowest BCUT2D eigenvalue weighted by Crippen LogP contribution is -2.48. The number of imide groups is 1. The maximum atomic E-state index is 13.5. The molecule has 31 heavy (non-hydrogen) atoms. The number of rotatable bonds is 4. The molecule has 160 valence electrons. The van der Waals surface area contributed by atoms with E-state index in [0.29, 0.717) is 10.5 Å². The third-order valence-corrected chi connectivity index (χ3v) is 5.21. The maximum Gasteiger partial charge on any atom is 0.416 e. The SMILES string of the molecule is CCOC(=O)C1=NN[C@@]2(c3ccccc3)C(=O)N(c3cccc(C(F)(F)F)c3)C(=O)[C@H]12. The number of esters is 1. The van der Waals surface area contributed by atoms with Crippen LogP contribution in [0, 0.1) is 5.92 Å². The number of alkyl halides is 3. The highest BCUT2D eigenvalue weighted by Gasteiger charge is 2.67. The van der Waals surface area contributed by atoms with Gasteiger partial charge in [0.25, 0.3) is 5.91 Å². The van der Waals surface area contributed by atoms with Gasteiger partial charge in [0.1, 0.15) is 5.92 Å². The van der Waals surface area contributed by atoms with Gasteiger partial charge in [-0.05, 0) is 30.7 Å². The summed E-state index contributed by atoms with van der Waals surface area (Å²) >= 11 is 0. The number of fused-ring (bicyclic) bond motifs is 1. The van der Waals surface area contributed by atoms with Crippen molar-refractivity contribution in [2.24, 2.45) is 11.0 Å². The van der Waals surface area contributed by atoms with Crippen LogP contribution in [0.25, 0.3) is 0 Å². The van der Waals surface area contributed by atoms with E-state index in [4.69, 9.17) is 4.74 Å². The largest absolute Gasteiger partial charge is 0.461 e. The lowest BCUT2D eigenvalue weighted by atomic mass is 9.79. The zero-order valence-electron chi connectivity index (χ0n) is 16.1. The van der Waals surface area contributed by atoms with Gasteiger partial charge in [0.05, 0.1) is 17.9 Å². The number of hydrogen-bond acceptors (Lipinski definition) is 6. The average molecular weight is 431 g/mol. The van der Waals surface area contributed by atoms with Gasteiger partial charge in [-0.25, -0.2) is 9.69 Å². The summed E-state index contributed by atoms with van der Waals surface area (Å²) in [5, 5.41) is 3.92. The molecule has 1 N–H and O–H groups in total. The lowest BCUT2D eigenvalue weighted by molar-refractivity contribution is -0.138. The Labute approximate surface area is 174 Å². The minimum atomic E-state index is -4.66. The zero-order valence-corrected chi connectivity index (χ0v) is 16.1.